The molecule has 0 amide bonds. The van der Waals surface area contributed by atoms with Crippen molar-refractivity contribution in [1.82, 2.24) is 19.3 Å². The van der Waals surface area contributed by atoms with Crippen LogP contribution in [0.3, 0.4) is 0 Å². The van der Waals surface area contributed by atoms with E-state index in [-0.39, 0.29) is 17.9 Å². The summed E-state index contributed by atoms with van der Waals surface area (Å²) in [6, 6.07) is 3.54. The van der Waals surface area contributed by atoms with E-state index in [9.17, 15) is 4.79 Å². The lowest BCUT2D eigenvalue weighted by Gasteiger charge is -2.26. The molecule has 3 atom stereocenters. The second kappa shape index (κ2) is 5.08. The van der Waals surface area contributed by atoms with E-state index in [1.165, 1.54) is 0 Å². The number of ether oxygens (including phenoxy) is 2. The van der Waals surface area contributed by atoms with Gasteiger partial charge in [0.2, 0.25) is 6.29 Å². The molecule has 0 radical (unpaired) electrons. The van der Waals surface area contributed by atoms with Gasteiger partial charge in [0.25, 0.3) is 0 Å². The molecule has 2 saturated heterocycles. The zero-order valence-electron chi connectivity index (χ0n) is 11.9. The monoisotopic (exact) mass is 318 g/mol. The number of carbonyl (C=O) groups excluding carboxylic acids is 1. The lowest BCUT2D eigenvalue weighted by molar-refractivity contribution is -0.156. The molecule has 2 aromatic heterocycles. The number of hydrogen-bond donors (Lipinski definition) is 0. The predicted octanol–water partition coefficient (Wildman–Crippen LogP) is 1.27. The highest BCUT2D eigenvalue weighted by Gasteiger charge is 2.45. The topological polar surface area (TPSA) is 71.2 Å². The Balaban J connectivity index is 1.77. The van der Waals surface area contributed by atoms with E-state index in [2.05, 4.69) is 10.1 Å². The predicted molar refractivity (Wildman–Crippen MR) is 78.5 cm³/mol. The zero-order valence-corrected chi connectivity index (χ0v) is 12.7. The minimum atomic E-state index is -0.711. The van der Waals surface area contributed by atoms with Gasteiger partial charge in [-0.05, 0) is 24.4 Å². The van der Waals surface area contributed by atoms with Gasteiger partial charge in [0, 0.05) is 31.4 Å². The summed E-state index contributed by atoms with van der Waals surface area (Å²) >= 11 is 5.48. The van der Waals surface area contributed by atoms with Crippen molar-refractivity contribution < 1.29 is 14.3 Å². The summed E-state index contributed by atoms with van der Waals surface area (Å²) < 4.78 is 15.0. The van der Waals surface area contributed by atoms with E-state index in [0.717, 1.165) is 5.56 Å². The van der Waals surface area contributed by atoms with Crippen LogP contribution in [0.15, 0.2) is 24.5 Å². The van der Waals surface area contributed by atoms with Crippen molar-refractivity contribution in [2.24, 2.45) is 7.05 Å². The Morgan fingerprint density at radius 3 is 3.09 bits per heavy atom. The average Bonchev–Trinajstić information content (AvgIpc) is 3.09. The minimum Gasteiger partial charge on any atom is -0.343 e. The number of fused-ring (bicyclic) bond motifs is 2. The van der Waals surface area contributed by atoms with Crippen LogP contribution in [-0.2, 0) is 21.3 Å². The number of aromatic nitrogens is 4. The maximum Gasteiger partial charge on any atom is 0.218 e. The first kappa shape index (κ1) is 13.7. The second-order valence-electron chi connectivity index (χ2n) is 5.43. The van der Waals surface area contributed by atoms with E-state index in [1.807, 2.05) is 23.7 Å². The molecule has 22 heavy (non-hydrogen) atoms. The van der Waals surface area contributed by atoms with Gasteiger partial charge < -0.3 is 14.0 Å². The van der Waals surface area contributed by atoms with Crippen molar-refractivity contribution in [3.05, 3.63) is 29.3 Å². The number of pyridine rings is 1. The first-order valence-electron chi connectivity index (χ1n) is 7.01. The molecule has 4 rings (SSSR count). The van der Waals surface area contributed by atoms with Crippen LogP contribution in [0.1, 0.15) is 12.5 Å². The summed E-state index contributed by atoms with van der Waals surface area (Å²) in [5.74, 6) is 0.654. The fourth-order valence-electron chi connectivity index (χ4n) is 2.89. The molecule has 2 fully saturated rings. The zero-order chi connectivity index (χ0) is 15.3. The van der Waals surface area contributed by atoms with E-state index in [4.69, 9.17) is 21.7 Å². The molecule has 114 valence electrons. The average molecular weight is 318 g/mol. The number of carbonyl (C=O) groups is 1. The highest BCUT2D eigenvalue weighted by atomic mass is 32.1. The summed E-state index contributed by atoms with van der Waals surface area (Å²) in [7, 11) is 1.85. The van der Waals surface area contributed by atoms with Crippen molar-refractivity contribution in [1.29, 1.82) is 0 Å². The largest absolute Gasteiger partial charge is 0.343 e. The minimum absolute atomic E-state index is 0.0609. The maximum atomic E-state index is 12.0. The molecule has 7 nitrogen and oxygen atoms in total. The fourth-order valence-corrected chi connectivity index (χ4v) is 3.15. The number of ketones is 1. The maximum absolute atomic E-state index is 12.0. The van der Waals surface area contributed by atoms with E-state index < -0.39 is 6.29 Å². The highest BCUT2D eigenvalue weighted by Crippen LogP contribution is 2.33. The Bertz CT molecular complexity index is 785. The molecule has 2 bridgehead atoms. The van der Waals surface area contributed by atoms with Gasteiger partial charge in [-0.25, -0.2) is 4.68 Å². The smallest absolute Gasteiger partial charge is 0.218 e. The molecule has 0 unspecified atom stereocenters. The van der Waals surface area contributed by atoms with Gasteiger partial charge >= 0.3 is 0 Å². The molecule has 2 aliphatic rings. The standard InChI is InChI=1S/C14H14N4O3S/c1-17-12(8-3-2-4-15-6-8)16-18(14(17)22)9-5-10(19)13-20-7-11(9)21-13/h2-4,6,9,11,13H,5,7H2,1H3/t9-,11+,13+/m1/s1. The van der Waals surface area contributed by atoms with Gasteiger partial charge in [0.15, 0.2) is 16.4 Å². The van der Waals surface area contributed by atoms with E-state index in [0.29, 0.717) is 23.6 Å². The van der Waals surface area contributed by atoms with Crippen LogP contribution in [0.4, 0.5) is 0 Å². The molecule has 0 spiro atoms. The van der Waals surface area contributed by atoms with Crippen LogP contribution >= 0.6 is 12.2 Å². The van der Waals surface area contributed by atoms with Gasteiger partial charge in [-0.2, -0.15) is 5.10 Å². The van der Waals surface area contributed by atoms with Gasteiger partial charge in [0.05, 0.1) is 12.6 Å². The quantitative estimate of drug-likeness (QED) is 0.777. The molecular formula is C14H14N4O3S. The summed E-state index contributed by atoms with van der Waals surface area (Å²) in [4.78, 5) is 16.1. The van der Waals surface area contributed by atoms with Crippen molar-refractivity contribution in [3.63, 3.8) is 0 Å². The van der Waals surface area contributed by atoms with Crippen molar-refractivity contribution >= 4 is 18.0 Å². The molecule has 0 N–H and O–H groups in total. The van der Waals surface area contributed by atoms with E-state index in [1.54, 1.807) is 17.1 Å². The molecule has 2 aliphatic heterocycles. The second-order valence-corrected chi connectivity index (χ2v) is 5.79. The molecule has 4 heterocycles. The summed E-state index contributed by atoms with van der Waals surface area (Å²) in [5.41, 5.74) is 0.874. The third-order valence-corrected chi connectivity index (χ3v) is 4.51. The first-order chi connectivity index (χ1) is 10.6. The van der Waals surface area contributed by atoms with Crippen LogP contribution in [0, 0.1) is 4.77 Å². The molecule has 8 heteroatoms. The van der Waals surface area contributed by atoms with Crippen LogP contribution in [0.5, 0.6) is 0 Å². The van der Waals surface area contributed by atoms with Gasteiger partial charge in [-0.15, -0.1) is 0 Å². The number of nitrogens with zero attached hydrogens (tertiary/aromatic N) is 4. The first-order valence-corrected chi connectivity index (χ1v) is 7.41. The third-order valence-electron chi connectivity index (χ3n) is 4.05. The van der Waals surface area contributed by atoms with Crippen molar-refractivity contribution in [2.45, 2.75) is 24.9 Å². The normalized spacial score (nSPS) is 27.3. The van der Waals surface area contributed by atoms with Crippen LogP contribution < -0.4 is 0 Å². The number of Topliss-reactive ketones (excluding diaryl/α,β-unsaturated/α-hetero) is 1. The molecular weight excluding hydrogens is 304 g/mol. The Labute approximate surface area is 131 Å². The molecule has 2 aromatic rings. The fraction of sp³-hybridized carbons (Fsp3) is 0.429. The lowest BCUT2D eigenvalue weighted by Crippen LogP contribution is -2.37. The van der Waals surface area contributed by atoms with Gasteiger partial charge in [0.1, 0.15) is 6.10 Å². The molecule has 0 aromatic carbocycles. The van der Waals surface area contributed by atoms with Crippen molar-refractivity contribution in [2.75, 3.05) is 6.61 Å². The Hall–Kier alpha value is -1.90. The summed E-state index contributed by atoms with van der Waals surface area (Å²) in [5, 5.41) is 4.60. The Morgan fingerprint density at radius 1 is 1.45 bits per heavy atom. The Morgan fingerprint density at radius 2 is 2.32 bits per heavy atom. The number of rotatable bonds is 2. The summed E-state index contributed by atoms with van der Waals surface area (Å²) in [6.07, 6.45) is 2.87. The van der Waals surface area contributed by atoms with Crippen LogP contribution in [0.2, 0.25) is 0 Å². The van der Waals surface area contributed by atoms with Gasteiger partial charge in [-0.3, -0.25) is 9.78 Å². The van der Waals surface area contributed by atoms with Crippen LogP contribution in [-0.4, -0.2) is 44.1 Å². The highest BCUT2D eigenvalue weighted by molar-refractivity contribution is 7.71. The number of hydrogen-bond acceptors (Lipinski definition) is 6. The van der Waals surface area contributed by atoms with Gasteiger partial charge in [-0.1, -0.05) is 0 Å². The SMILES string of the molecule is Cn1c(-c2cccnc2)nn([C@@H]2CC(=O)[C@H]3OC[C@@H]2O3)c1=S. The summed E-state index contributed by atoms with van der Waals surface area (Å²) in [6.45, 7) is 0.391. The molecule has 0 aliphatic carbocycles. The van der Waals surface area contributed by atoms with E-state index >= 15 is 0 Å². The Kier molecular flexibility index (Phi) is 3.17. The van der Waals surface area contributed by atoms with Crippen molar-refractivity contribution in [3.8, 4) is 11.4 Å². The molecule has 0 saturated carbocycles. The lowest BCUT2D eigenvalue weighted by atomic mass is 10.0. The van der Waals surface area contributed by atoms with Crippen LogP contribution in [0.25, 0.3) is 11.4 Å². The third kappa shape index (κ3) is 2.03.